The van der Waals surface area contributed by atoms with Crippen molar-refractivity contribution in [3.63, 3.8) is 0 Å². The van der Waals surface area contributed by atoms with Crippen LogP contribution in [0.25, 0.3) is 11.0 Å². The molecule has 1 aromatic carbocycles. The maximum Gasteiger partial charge on any atom is 0.416 e. The van der Waals surface area contributed by atoms with Gasteiger partial charge in [-0.25, -0.2) is 4.98 Å². The van der Waals surface area contributed by atoms with Crippen molar-refractivity contribution in [2.24, 2.45) is 0 Å². The first kappa shape index (κ1) is 15.3. The van der Waals surface area contributed by atoms with Crippen molar-refractivity contribution < 1.29 is 13.2 Å². The summed E-state index contributed by atoms with van der Waals surface area (Å²) in [5.74, 6) is 0.703. The highest BCUT2D eigenvalue weighted by Crippen LogP contribution is 2.29. The molecule has 1 N–H and O–H groups in total. The first-order chi connectivity index (χ1) is 10.9. The number of pyridine rings is 1. The van der Waals surface area contributed by atoms with Crippen molar-refractivity contribution >= 4 is 11.0 Å². The largest absolute Gasteiger partial charge is 0.416 e. The van der Waals surface area contributed by atoms with Gasteiger partial charge in [0.1, 0.15) is 5.82 Å². The molecule has 23 heavy (non-hydrogen) atoms. The molecule has 0 radical (unpaired) electrons. The van der Waals surface area contributed by atoms with Crippen LogP contribution in [0, 0.1) is 0 Å². The molecule has 0 saturated heterocycles. The van der Waals surface area contributed by atoms with Crippen LogP contribution in [-0.2, 0) is 19.1 Å². The summed E-state index contributed by atoms with van der Waals surface area (Å²) in [4.78, 5) is 19.7. The lowest BCUT2D eigenvalue weighted by atomic mass is 10.1. The van der Waals surface area contributed by atoms with Gasteiger partial charge in [-0.1, -0.05) is 19.1 Å². The van der Waals surface area contributed by atoms with Gasteiger partial charge in [0.15, 0.2) is 5.52 Å². The predicted octanol–water partition coefficient (Wildman–Crippen LogP) is 3.35. The van der Waals surface area contributed by atoms with E-state index < -0.39 is 11.7 Å². The van der Waals surface area contributed by atoms with E-state index in [-0.39, 0.29) is 12.1 Å². The second kappa shape index (κ2) is 5.57. The van der Waals surface area contributed by atoms with Gasteiger partial charge >= 0.3 is 6.18 Å². The van der Waals surface area contributed by atoms with Crippen LogP contribution < -0.4 is 5.56 Å². The Bertz CT molecular complexity index is 909. The normalized spacial score (nSPS) is 12.0. The molecule has 0 bridgehead atoms. The highest BCUT2D eigenvalue weighted by Gasteiger charge is 2.30. The summed E-state index contributed by atoms with van der Waals surface area (Å²) in [6.45, 7) is 1.98. The SMILES string of the molecule is CCc1nc2c(=O)n(Cc3cccc(C(F)(F)F)c3)ccc2[nH]1. The topological polar surface area (TPSA) is 50.7 Å². The Hall–Kier alpha value is -2.57. The van der Waals surface area contributed by atoms with Gasteiger partial charge in [0.2, 0.25) is 0 Å². The van der Waals surface area contributed by atoms with Gasteiger partial charge in [-0.05, 0) is 23.8 Å². The van der Waals surface area contributed by atoms with Gasteiger partial charge < -0.3 is 9.55 Å². The van der Waals surface area contributed by atoms with Gasteiger partial charge in [-0.15, -0.1) is 0 Å². The van der Waals surface area contributed by atoms with E-state index in [0.717, 1.165) is 12.1 Å². The lowest BCUT2D eigenvalue weighted by Gasteiger charge is -2.10. The molecule has 0 aliphatic heterocycles. The van der Waals surface area contributed by atoms with Crippen LogP contribution in [0.1, 0.15) is 23.9 Å². The summed E-state index contributed by atoms with van der Waals surface area (Å²) in [6.07, 6.45) is -2.17. The molecular weight excluding hydrogens is 307 g/mol. The monoisotopic (exact) mass is 321 g/mol. The van der Waals surface area contributed by atoms with Gasteiger partial charge in [0.25, 0.3) is 5.56 Å². The number of rotatable bonds is 3. The van der Waals surface area contributed by atoms with Crippen LogP contribution in [0.3, 0.4) is 0 Å². The average molecular weight is 321 g/mol. The number of alkyl halides is 3. The van der Waals surface area contributed by atoms with E-state index in [0.29, 0.717) is 28.8 Å². The molecule has 3 aromatic rings. The summed E-state index contributed by atoms with van der Waals surface area (Å²) in [5.41, 5.74) is 0.295. The van der Waals surface area contributed by atoms with Crippen molar-refractivity contribution in [3.05, 3.63) is 63.8 Å². The minimum absolute atomic E-state index is 0.0625. The maximum absolute atomic E-state index is 12.8. The number of H-pyrrole nitrogens is 1. The quantitative estimate of drug-likeness (QED) is 0.804. The molecule has 7 heteroatoms. The fraction of sp³-hybridized carbons (Fsp3) is 0.250. The van der Waals surface area contributed by atoms with E-state index in [1.54, 1.807) is 18.3 Å². The van der Waals surface area contributed by atoms with E-state index in [1.165, 1.54) is 10.6 Å². The van der Waals surface area contributed by atoms with Gasteiger partial charge in [-0.2, -0.15) is 13.2 Å². The molecule has 120 valence electrons. The van der Waals surface area contributed by atoms with Crippen LogP contribution >= 0.6 is 0 Å². The van der Waals surface area contributed by atoms with E-state index in [1.807, 2.05) is 6.92 Å². The fourth-order valence-corrected chi connectivity index (χ4v) is 2.42. The molecule has 3 rings (SSSR count). The van der Waals surface area contributed by atoms with Crippen molar-refractivity contribution in [3.8, 4) is 0 Å². The number of fused-ring (bicyclic) bond motifs is 1. The van der Waals surface area contributed by atoms with Gasteiger partial charge in [-0.3, -0.25) is 4.79 Å². The number of hydrogen-bond donors (Lipinski definition) is 1. The molecule has 2 heterocycles. The zero-order valence-corrected chi connectivity index (χ0v) is 12.3. The highest BCUT2D eigenvalue weighted by molar-refractivity contribution is 5.73. The van der Waals surface area contributed by atoms with Crippen molar-refractivity contribution in [1.82, 2.24) is 14.5 Å². The standard InChI is InChI=1S/C16H14F3N3O/c1-2-13-20-12-6-7-22(15(23)14(12)21-13)9-10-4-3-5-11(8-10)16(17,18)19/h3-8H,2,9H2,1H3,(H,20,21). The molecule has 0 aliphatic rings. The number of nitrogens with one attached hydrogen (secondary N) is 1. The molecule has 0 fully saturated rings. The average Bonchev–Trinajstić information content (AvgIpc) is 2.94. The summed E-state index contributed by atoms with van der Waals surface area (Å²) < 4.78 is 39.6. The molecule has 0 atom stereocenters. The summed E-state index contributed by atoms with van der Waals surface area (Å²) in [5, 5.41) is 0. The zero-order chi connectivity index (χ0) is 16.6. The molecule has 4 nitrogen and oxygen atoms in total. The fourth-order valence-electron chi connectivity index (χ4n) is 2.42. The van der Waals surface area contributed by atoms with Crippen molar-refractivity contribution in [1.29, 1.82) is 0 Å². The minimum Gasteiger partial charge on any atom is -0.342 e. The number of aromatic amines is 1. The first-order valence-corrected chi connectivity index (χ1v) is 7.12. The Morgan fingerprint density at radius 1 is 1.26 bits per heavy atom. The summed E-state index contributed by atoms with van der Waals surface area (Å²) in [6, 6.07) is 6.67. The second-order valence-corrected chi connectivity index (χ2v) is 5.25. The Labute approximate surface area is 129 Å². The number of imidazole rings is 1. The highest BCUT2D eigenvalue weighted by atomic mass is 19.4. The van der Waals surface area contributed by atoms with E-state index >= 15 is 0 Å². The Kier molecular flexibility index (Phi) is 3.71. The molecule has 2 aromatic heterocycles. The first-order valence-electron chi connectivity index (χ1n) is 7.12. The van der Waals surface area contributed by atoms with Gasteiger partial charge in [0.05, 0.1) is 17.6 Å². The van der Waals surface area contributed by atoms with Crippen LogP contribution in [-0.4, -0.2) is 14.5 Å². The summed E-state index contributed by atoms with van der Waals surface area (Å²) in [7, 11) is 0. The predicted molar refractivity (Wildman–Crippen MR) is 80.3 cm³/mol. The number of aromatic nitrogens is 3. The van der Waals surface area contributed by atoms with Crippen LogP contribution in [0.2, 0.25) is 0 Å². The number of hydrogen-bond acceptors (Lipinski definition) is 2. The number of nitrogens with zero attached hydrogens (tertiary/aromatic N) is 2. The maximum atomic E-state index is 12.8. The smallest absolute Gasteiger partial charge is 0.342 e. The lowest BCUT2D eigenvalue weighted by molar-refractivity contribution is -0.137. The van der Waals surface area contributed by atoms with Gasteiger partial charge in [0, 0.05) is 12.6 Å². The van der Waals surface area contributed by atoms with Crippen LogP contribution in [0.4, 0.5) is 13.2 Å². The lowest BCUT2D eigenvalue weighted by Crippen LogP contribution is -2.20. The third kappa shape index (κ3) is 2.99. The molecule has 0 amide bonds. The Morgan fingerprint density at radius 2 is 2.04 bits per heavy atom. The Morgan fingerprint density at radius 3 is 2.74 bits per heavy atom. The number of aryl methyl sites for hydroxylation is 1. The molecule has 0 spiro atoms. The van der Waals surface area contributed by atoms with Crippen molar-refractivity contribution in [2.75, 3.05) is 0 Å². The second-order valence-electron chi connectivity index (χ2n) is 5.25. The number of benzene rings is 1. The van der Waals surface area contributed by atoms with E-state index in [4.69, 9.17) is 0 Å². The third-order valence-electron chi connectivity index (χ3n) is 3.61. The molecule has 0 aliphatic carbocycles. The Balaban J connectivity index is 1.99. The van der Waals surface area contributed by atoms with E-state index in [2.05, 4.69) is 9.97 Å². The molecule has 0 unspecified atom stereocenters. The summed E-state index contributed by atoms with van der Waals surface area (Å²) >= 11 is 0. The third-order valence-corrected chi connectivity index (χ3v) is 3.61. The van der Waals surface area contributed by atoms with E-state index in [9.17, 15) is 18.0 Å². The molecular formula is C16H14F3N3O. The number of halogens is 3. The van der Waals surface area contributed by atoms with Crippen LogP contribution in [0.15, 0.2) is 41.3 Å². The molecule has 0 saturated carbocycles. The zero-order valence-electron chi connectivity index (χ0n) is 12.3. The van der Waals surface area contributed by atoms with Crippen LogP contribution in [0.5, 0.6) is 0 Å². The van der Waals surface area contributed by atoms with Crippen molar-refractivity contribution in [2.45, 2.75) is 26.1 Å². The minimum atomic E-state index is -4.40.